The Morgan fingerprint density at radius 1 is 0.364 bits per heavy atom. The molecule has 0 radical (unpaired) electrons. The van der Waals surface area contributed by atoms with Crippen molar-refractivity contribution < 1.29 is 5.11 Å². The third-order valence-corrected chi connectivity index (χ3v) is 8.00. The van der Waals surface area contributed by atoms with Crippen LogP contribution in [0, 0.1) is 0 Å². The predicted molar refractivity (Wildman–Crippen MR) is 185 cm³/mol. The summed E-state index contributed by atoms with van der Waals surface area (Å²) in [5, 5.41) is 12.0. The minimum absolute atomic E-state index is 0.0319. The van der Waals surface area contributed by atoms with E-state index in [4.69, 9.17) is 0 Å². The lowest BCUT2D eigenvalue weighted by Crippen LogP contribution is -2.10. The number of fused-ring (bicyclic) bond motifs is 1. The van der Waals surface area contributed by atoms with Gasteiger partial charge in [-0.1, -0.05) is 109 Å². The fraction of sp³-hybridized carbons (Fsp3) is 0.0244. The van der Waals surface area contributed by atoms with Gasteiger partial charge in [-0.25, -0.2) is 0 Å². The van der Waals surface area contributed by atoms with E-state index in [1.807, 2.05) is 18.2 Å². The van der Waals surface area contributed by atoms with E-state index in [0.717, 1.165) is 50.8 Å². The van der Waals surface area contributed by atoms with Gasteiger partial charge in [0.05, 0.1) is 12.3 Å². The van der Waals surface area contributed by atoms with Crippen molar-refractivity contribution >= 4 is 44.9 Å². The normalized spacial score (nSPS) is 10.9. The first-order chi connectivity index (χ1) is 21.8. The van der Waals surface area contributed by atoms with Gasteiger partial charge < -0.3 is 14.9 Å². The molecule has 1 N–H and O–H groups in total. The second-order valence-corrected chi connectivity index (χ2v) is 10.8. The molecule has 0 aliphatic heterocycles. The average Bonchev–Trinajstić information content (AvgIpc) is 3.11. The van der Waals surface area contributed by atoms with Gasteiger partial charge in [-0.3, -0.25) is 0 Å². The van der Waals surface area contributed by atoms with Crippen LogP contribution in [0.15, 0.2) is 176 Å². The molecule has 0 amide bonds. The molecule has 7 aromatic carbocycles. The minimum Gasteiger partial charge on any atom is -0.392 e. The maximum absolute atomic E-state index is 9.53. The Bertz CT molecular complexity index is 1960. The molecule has 212 valence electrons. The molecule has 3 heteroatoms. The first-order valence-electron chi connectivity index (χ1n) is 14.9. The van der Waals surface area contributed by atoms with Crippen molar-refractivity contribution in [1.82, 2.24) is 0 Å². The van der Waals surface area contributed by atoms with E-state index in [1.54, 1.807) is 0 Å². The molecule has 0 spiro atoms. The lowest BCUT2D eigenvalue weighted by molar-refractivity contribution is 0.282. The average molecular weight is 569 g/mol. The molecule has 0 aliphatic rings. The van der Waals surface area contributed by atoms with Gasteiger partial charge >= 0.3 is 0 Å². The zero-order valence-electron chi connectivity index (χ0n) is 24.3. The fourth-order valence-electron chi connectivity index (χ4n) is 5.79. The van der Waals surface area contributed by atoms with E-state index in [-0.39, 0.29) is 6.61 Å². The Morgan fingerprint density at radius 2 is 0.795 bits per heavy atom. The van der Waals surface area contributed by atoms with Crippen molar-refractivity contribution in [2.75, 3.05) is 9.80 Å². The number of aliphatic hydroxyl groups excluding tert-OH is 1. The molecule has 0 bridgehead atoms. The van der Waals surface area contributed by atoms with Gasteiger partial charge in [0.15, 0.2) is 0 Å². The summed E-state index contributed by atoms with van der Waals surface area (Å²) in [7, 11) is 0. The van der Waals surface area contributed by atoms with E-state index in [0.29, 0.717) is 0 Å². The van der Waals surface area contributed by atoms with E-state index in [9.17, 15) is 5.11 Å². The Balaban J connectivity index is 1.22. The molecule has 0 saturated carbocycles. The number of benzene rings is 7. The zero-order chi connectivity index (χ0) is 29.7. The van der Waals surface area contributed by atoms with Crippen molar-refractivity contribution in [3.63, 3.8) is 0 Å². The van der Waals surface area contributed by atoms with Crippen molar-refractivity contribution in [2.24, 2.45) is 0 Å². The number of hydrogen-bond donors (Lipinski definition) is 1. The van der Waals surface area contributed by atoms with Crippen LogP contribution in [0.5, 0.6) is 0 Å². The lowest BCUT2D eigenvalue weighted by atomic mass is 10.0. The van der Waals surface area contributed by atoms with Crippen LogP contribution in [0.3, 0.4) is 0 Å². The van der Waals surface area contributed by atoms with Gasteiger partial charge in [-0.05, 0) is 88.8 Å². The Hall–Kier alpha value is -5.64. The summed E-state index contributed by atoms with van der Waals surface area (Å²) in [6.07, 6.45) is 0. The largest absolute Gasteiger partial charge is 0.392 e. The van der Waals surface area contributed by atoms with Crippen molar-refractivity contribution in [1.29, 1.82) is 0 Å². The molecule has 0 aliphatic carbocycles. The van der Waals surface area contributed by atoms with Crippen LogP contribution in [0.25, 0.3) is 21.9 Å². The molecule has 0 saturated heterocycles. The molecule has 0 atom stereocenters. The quantitative estimate of drug-likeness (QED) is 0.197. The standard InChI is InChI=1S/C41H32N2O/c44-30-31-18-24-37(25-19-31)42(35-12-3-1-4-13-35)38-26-20-32(21-27-38)33-22-28-39(29-23-33)43(36-14-5-2-6-15-36)41-17-9-11-34-10-7-8-16-40(34)41/h1-29,44H,30H2. The maximum atomic E-state index is 9.53. The molecule has 0 fully saturated rings. The highest BCUT2D eigenvalue weighted by atomic mass is 16.3. The highest BCUT2D eigenvalue weighted by Crippen LogP contribution is 2.40. The first-order valence-corrected chi connectivity index (χ1v) is 14.9. The number of nitrogens with zero attached hydrogens (tertiary/aromatic N) is 2. The van der Waals surface area contributed by atoms with Crippen LogP contribution in [-0.4, -0.2) is 5.11 Å². The molecule has 0 unspecified atom stereocenters. The number of rotatable bonds is 8. The predicted octanol–water partition coefficient (Wildman–Crippen LogP) is 10.9. The van der Waals surface area contributed by atoms with Gasteiger partial charge in [0.25, 0.3) is 0 Å². The number of anilines is 6. The summed E-state index contributed by atoms with van der Waals surface area (Å²) >= 11 is 0. The Morgan fingerprint density at radius 3 is 1.36 bits per heavy atom. The van der Waals surface area contributed by atoms with Gasteiger partial charge in [-0.15, -0.1) is 0 Å². The van der Waals surface area contributed by atoms with Crippen LogP contribution in [-0.2, 0) is 6.61 Å². The molecule has 0 heterocycles. The van der Waals surface area contributed by atoms with Gasteiger partial charge in [0.1, 0.15) is 0 Å². The van der Waals surface area contributed by atoms with E-state index in [1.165, 1.54) is 10.8 Å². The molecule has 0 aromatic heterocycles. The van der Waals surface area contributed by atoms with E-state index >= 15 is 0 Å². The summed E-state index contributed by atoms with van der Waals surface area (Å²) in [6.45, 7) is 0.0319. The molecule has 7 rings (SSSR count). The van der Waals surface area contributed by atoms with Crippen molar-refractivity contribution in [3.05, 3.63) is 181 Å². The van der Waals surface area contributed by atoms with Crippen molar-refractivity contribution in [2.45, 2.75) is 6.61 Å². The lowest BCUT2D eigenvalue weighted by Gasteiger charge is -2.27. The third-order valence-electron chi connectivity index (χ3n) is 8.00. The monoisotopic (exact) mass is 568 g/mol. The summed E-state index contributed by atoms with van der Waals surface area (Å²) in [5.41, 5.74) is 9.77. The fourth-order valence-corrected chi connectivity index (χ4v) is 5.79. The van der Waals surface area contributed by atoms with Crippen LogP contribution >= 0.6 is 0 Å². The highest BCUT2D eigenvalue weighted by Gasteiger charge is 2.16. The Kier molecular flexibility index (Phi) is 7.61. The molecule has 3 nitrogen and oxygen atoms in total. The van der Waals surface area contributed by atoms with E-state index in [2.05, 4.69) is 168 Å². The van der Waals surface area contributed by atoms with Crippen molar-refractivity contribution in [3.8, 4) is 11.1 Å². The second-order valence-electron chi connectivity index (χ2n) is 10.8. The Labute approximate surface area is 258 Å². The molecular weight excluding hydrogens is 536 g/mol. The summed E-state index contributed by atoms with van der Waals surface area (Å²) in [6, 6.07) is 61.5. The molecule has 7 aromatic rings. The number of para-hydroxylation sites is 2. The third kappa shape index (κ3) is 5.45. The summed E-state index contributed by atoms with van der Waals surface area (Å²) in [5.74, 6) is 0. The van der Waals surface area contributed by atoms with Gasteiger partial charge in [0, 0.05) is 33.8 Å². The van der Waals surface area contributed by atoms with Crippen LogP contribution in [0.1, 0.15) is 5.56 Å². The first kappa shape index (κ1) is 27.2. The van der Waals surface area contributed by atoms with Gasteiger partial charge in [-0.2, -0.15) is 0 Å². The molecular formula is C41H32N2O. The highest BCUT2D eigenvalue weighted by molar-refractivity contribution is 5.99. The zero-order valence-corrected chi connectivity index (χ0v) is 24.3. The number of aliphatic hydroxyl groups is 1. The van der Waals surface area contributed by atoms with Crippen LogP contribution in [0.4, 0.5) is 34.1 Å². The number of hydrogen-bond acceptors (Lipinski definition) is 3. The van der Waals surface area contributed by atoms with Crippen LogP contribution < -0.4 is 9.80 Å². The summed E-state index contributed by atoms with van der Waals surface area (Å²) < 4.78 is 0. The van der Waals surface area contributed by atoms with Crippen LogP contribution in [0.2, 0.25) is 0 Å². The molecule has 44 heavy (non-hydrogen) atoms. The SMILES string of the molecule is OCc1ccc(N(c2ccccc2)c2ccc(-c3ccc(N(c4ccccc4)c4cccc5ccccc45)cc3)cc2)cc1. The minimum atomic E-state index is 0.0319. The second kappa shape index (κ2) is 12.3. The smallest absolute Gasteiger partial charge is 0.0681 e. The van der Waals surface area contributed by atoms with E-state index < -0.39 is 0 Å². The summed E-state index contributed by atoms with van der Waals surface area (Å²) in [4.78, 5) is 4.56. The maximum Gasteiger partial charge on any atom is 0.0681 e. The topological polar surface area (TPSA) is 26.7 Å². The van der Waals surface area contributed by atoms with Gasteiger partial charge in [0.2, 0.25) is 0 Å².